The molecule has 0 saturated carbocycles. The number of aryl methyl sites for hydroxylation is 2. The van der Waals surface area contributed by atoms with Gasteiger partial charge in [0.1, 0.15) is 6.04 Å². The molecule has 1 heterocycles. The first-order chi connectivity index (χ1) is 9.56. The average Bonchev–Trinajstić information content (AvgIpc) is 2.72. The van der Waals surface area contributed by atoms with E-state index in [-0.39, 0.29) is 11.9 Å². The number of carbonyl (C=O) groups excluding carboxylic acids is 1. The van der Waals surface area contributed by atoms with Crippen LogP contribution in [0.25, 0.3) is 0 Å². The molecule has 4 heteroatoms. The maximum absolute atomic E-state index is 12.1. The molecule has 0 radical (unpaired) electrons. The summed E-state index contributed by atoms with van der Waals surface area (Å²) in [7, 11) is 0. The monoisotopic (exact) mass is 330 g/mol. The lowest BCUT2D eigenvalue weighted by Gasteiger charge is -2.15. The molecule has 0 saturated heterocycles. The molecule has 2 aromatic rings. The molecule has 0 fully saturated rings. The van der Waals surface area contributed by atoms with Gasteiger partial charge in [-0.2, -0.15) is 0 Å². The molecule has 2 N–H and O–H groups in total. The minimum Gasteiger partial charge on any atom is -0.370 e. The number of hydrogen-bond donors (Lipinski definition) is 2. The summed E-state index contributed by atoms with van der Waals surface area (Å²) in [5.41, 5.74) is 5.24. The summed E-state index contributed by atoms with van der Waals surface area (Å²) in [4.78, 5) is 12.1. The van der Waals surface area contributed by atoms with Crippen LogP contribution in [-0.2, 0) is 4.79 Å². The normalized spacial score (nSPS) is 16.8. The highest BCUT2D eigenvalue weighted by Gasteiger charge is 2.32. The Kier molecular flexibility index (Phi) is 3.26. The van der Waals surface area contributed by atoms with Gasteiger partial charge in [0.15, 0.2) is 0 Å². The van der Waals surface area contributed by atoms with E-state index in [1.165, 1.54) is 11.1 Å². The molecule has 1 amide bonds. The molecule has 0 bridgehead atoms. The molecular formula is C16H15BrN2O. The first kappa shape index (κ1) is 13.2. The zero-order valence-corrected chi connectivity index (χ0v) is 12.9. The van der Waals surface area contributed by atoms with Crippen LogP contribution >= 0.6 is 15.9 Å². The molecular weight excluding hydrogens is 316 g/mol. The van der Waals surface area contributed by atoms with Gasteiger partial charge in [-0.1, -0.05) is 28.1 Å². The number of carbonyl (C=O) groups is 1. The predicted molar refractivity (Wildman–Crippen MR) is 85.1 cm³/mol. The van der Waals surface area contributed by atoms with Crippen LogP contribution in [0.15, 0.2) is 40.9 Å². The molecule has 0 aromatic heterocycles. The Morgan fingerprint density at radius 1 is 1.15 bits per heavy atom. The third-order valence-corrected chi connectivity index (χ3v) is 4.37. The summed E-state index contributed by atoms with van der Waals surface area (Å²) in [5, 5.41) is 6.22. The molecule has 1 unspecified atom stereocenters. The maximum atomic E-state index is 12.1. The van der Waals surface area contributed by atoms with E-state index in [1.54, 1.807) is 0 Å². The van der Waals surface area contributed by atoms with Crippen LogP contribution in [0.5, 0.6) is 0 Å². The van der Waals surface area contributed by atoms with Crippen molar-refractivity contribution in [1.82, 2.24) is 0 Å². The van der Waals surface area contributed by atoms with Gasteiger partial charge in [0.25, 0.3) is 5.91 Å². The number of fused-ring (bicyclic) bond motifs is 1. The van der Waals surface area contributed by atoms with Crippen LogP contribution in [0.3, 0.4) is 0 Å². The highest BCUT2D eigenvalue weighted by atomic mass is 79.9. The van der Waals surface area contributed by atoms with Crippen molar-refractivity contribution in [2.75, 3.05) is 10.6 Å². The van der Waals surface area contributed by atoms with E-state index < -0.39 is 0 Å². The van der Waals surface area contributed by atoms with Crippen molar-refractivity contribution >= 4 is 33.2 Å². The van der Waals surface area contributed by atoms with Gasteiger partial charge >= 0.3 is 0 Å². The smallest absolute Gasteiger partial charge is 0.251 e. The van der Waals surface area contributed by atoms with Gasteiger partial charge in [0.2, 0.25) is 0 Å². The summed E-state index contributed by atoms with van der Waals surface area (Å²) in [6, 6.07) is 11.6. The zero-order chi connectivity index (χ0) is 14.3. The van der Waals surface area contributed by atoms with Crippen molar-refractivity contribution in [3.05, 3.63) is 57.6 Å². The van der Waals surface area contributed by atoms with Crippen LogP contribution in [0.1, 0.15) is 22.7 Å². The SMILES string of the molecule is Cc1ccc(NC2C(=O)Nc3cccc(Br)c32)cc1C. The highest BCUT2D eigenvalue weighted by Crippen LogP contribution is 2.38. The molecule has 2 aromatic carbocycles. The minimum atomic E-state index is -0.359. The lowest BCUT2D eigenvalue weighted by atomic mass is 10.1. The summed E-state index contributed by atoms with van der Waals surface area (Å²) in [6.45, 7) is 4.15. The highest BCUT2D eigenvalue weighted by molar-refractivity contribution is 9.10. The first-order valence-corrected chi connectivity index (χ1v) is 7.28. The first-order valence-electron chi connectivity index (χ1n) is 6.49. The van der Waals surface area contributed by atoms with Gasteiger partial charge in [-0.3, -0.25) is 4.79 Å². The summed E-state index contributed by atoms with van der Waals surface area (Å²) in [5.74, 6) is -0.0230. The van der Waals surface area contributed by atoms with E-state index in [1.807, 2.05) is 24.3 Å². The quantitative estimate of drug-likeness (QED) is 0.867. The van der Waals surface area contributed by atoms with Crippen LogP contribution in [0, 0.1) is 13.8 Å². The lowest BCUT2D eigenvalue weighted by Crippen LogP contribution is -2.20. The van der Waals surface area contributed by atoms with Gasteiger partial charge in [0.05, 0.1) is 0 Å². The topological polar surface area (TPSA) is 41.1 Å². The molecule has 1 aliphatic heterocycles. The molecule has 1 atom stereocenters. The van der Waals surface area contributed by atoms with E-state index in [4.69, 9.17) is 0 Å². The summed E-state index contributed by atoms with van der Waals surface area (Å²) in [6.07, 6.45) is 0. The third-order valence-electron chi connectivity index (χ3n) is 3.68. The number of amides is 1. The number of rotatable bonds is 2. The maximum Gasteiger partial charge on any atom is 0.251 e. The number of anilines is 2. The second kappa shape index (κ2) is 4.94. The number of benzene rings is 2. The van der Waals surface area contributed by atoms with E-state index in [9.17, 15) is 4.79 Å². The number of nitrogens with one attached hydrogen (secondary N) is 2. The lowest BCUT2D eigenvalue weighted by molar-refractivity contribution is -0.116. The van der Waals surface area contributed by atoms with Gasteiger partial charge in [0, 0.05) is 21.4 Å². The zero-order valence-electron chi connectivity index (χ0n) is 11.3. The summed E-state index contributed by atoms with van der Waals surface area (Å²) >= 11 is 3.52. The standard InChI is InChI=1S/C16H15BrN2O/c1-9-6-7-11(8-10(9)2)18-15-14-12(17)4-3-5-13(14)19-16(15)20/h3-8,15,18H,1-2H3,(H,19,20). The fourth-order valence-electron chi connectivity index (χ4n) is 2.41. The van der Waals surface area contributed by atoms with Gasteiger partial charge in [-0.05, 0) is 49.2 Å². The van der Waals surface area contributed by atoms with Crippen molar-refractivity contribution in [3.63, 3.8) is 0 Å². The van der Waals surface area contributed by atoms with Crippen LogP contribution < -0.4 is 10.6 Å². The Morgan fingerprint density at radius 3 is 2.70 bits per heavy atom. The van der Waals surface area contributed by atoms with E-state index in [0.29, 0.717) is 0 Å². The van der Waals surface area contributed by atoms with Crippen molar-refractivity contribution in [3.8, 4) is 0 Å². The molecule has 3 rings (SSSR count). The van der Waals surface area contributed by atoms with Crippen LogP contribution in [-0.4, -0.2) is 5.91 Å². The summed E-state index contributed by atoms with van der Waals surface area (Å²) < 4.78 is 0.940. The fourth-order valence-corrected chi connectivity index (χ4v) is 3.01. The largest absolute Gasteiger partial charge is 0.370 e. The molecule has 20 heavy (non-hydrogen) atoms. The second-order valence-electron chi connectivity index (χ2n) is 5.07. The second-order valence-corrected chi connectivity index (χ2v) is 5.92. The fraction of sp³-hybridized carbons (Fsp3) is 0.188. The third kappa shape index (κ3) is 2.20. The van der Waals surface area contributed by atoms with E-state index in [0.717, 1.165) is 21.4 Å². The van der Waals surface area contributed by atoms with Gasteiger partial charge in [-0.25, -0.2) is 0 Å². The van der Waals surface area contributed by atoms with Gasteiger partial charge in [-0.15, -0.1) is 0 Å². The Bertz CT molecular complexity index is 697. The molecule has 0 spiro atoms. The minimum absolute atomic E-state index is 0.0230. The average molecular weight is 331 g/mol. The number of hydrogen-bond acceptors (Lipinski definition) is 2. The molecule has 3 nitrogen and oxygen atoms in total. The van der Waals surface area contributed by atoms with Crippen LogP contribution in [0.2, 0.25) is 0 Å². The van der Waals surface area contributed by atoms with Crippen molar-refractivity contribution in [1.29, 1.82) is 0 Å². The van der Waals surface area contributed by atoms with E-state index in [2.05, 4.69) is 52.5 Å². The molecule has 1 aliphatic rings. The van der Waals surface area contributed by atoms with Crippen molar-refractivity contribution < 1.29 is 4.79 Å². The van der Waals surface area contributed by atoms with Crippen molar-refractivity contribution in [2.24, 2.45) is 0 Å². The Morgan fingerprint density at radius 2 is 1.95 bits per heavy atom. The van der Waals surface area contributed by atoms with Crippen molar-refractivity contribution in [2.45, 2.75) is 19.9 Å². The Labute approximate surface area is 126 Å². The Hall–Kier alpha value is -1.81. The Balaban J connectivity index is 1.96. The number of halogens is 1. The predicted octanol–water partition coefficient (Wildman–Crippen LogP) is 4.17. The van der Waals surface area contributed by atoms with Gasteiger partial charge < -0.3 is 10.6 Å². The van der Waals surface area contributed by atoms with E-state index >= 15 is 0 Å². The molecule has 0 aliphatic carbocycles. The van der Waals surface area contributed by atoms with Crippen LogP contribution in [0.4, 0.5) is 11.4 Å². The molecule has 102 valence electrons.